The maximum atomic E-state index is 12.6. The molecular weight excluding hydrogens is 294 g/mol. The van der Waals surface area contributed by atoms with Crippen molar-refractivity contribution in [3.8, 4) is 5.75 Å². The average Bonchev–Trinajstić information content (AvgIpc) is 2.91. The van der Waals surface area contributed by atoms with Crippen molar-refractivity contribution in [2.75, 3.05) is 20.2 Å². The normalized spacial score (nSPS) is 18.1. The SMILES string of the molecule is CCn1c([C@H]2CCCNC2)nn(Cc2cc(OC)ccn2)c1=O. The highest BCUT2D eigenvalue weighted by Gasteiger charge is 2.23. The Morgan fingerprint density at radius 3 is 3.04 bits per heavy atom. The first-order chi connectivity index (χ1) is 11.2. The van der Waals surface area contributed by atoms with Crippen molar-refractivity contribution in [3.05, 3.63) is 40.3 Å². The van der Waals surface area contributed by atoms with Crippen LogP contribution in [0.15, 0.2) is 23.1 Å². The predicted octanol–water partition coefficient (Wildman–Crippen LogP) is 0.984. The molecule has 0 aliphatic carbocycles. The van der Waals surface area contributed by atoms with Gasteiger partial charge >= 0.3 is 5.69 Å². The Morgan fingerprint density at radius 1 is 1.48 bits per heavy atom. The van der Waals surface area contributed by atoms with Crippen LogP contribution in [0.4, 0.5) is 0 Å². The van der Waals surface area contributed by atoms with Gasteiger partial charge in [-0.1, -0.05) is 0 Å². The molecule has 0 amide bonds. The van der Waals surface area contributed by atoms with E-state index in [-0.39, 0.29) is 5.69 Å². The van der Waals surface area contributed by atoms with Crippen LogP contribution in [-0.4, -0.2) is 39.5 Å². The Labute approximate surface area is 135 Å². The van der Waals surface area contributed by atoms with Gasteiger partial charge in [0.1, 0.15) is 11.6 Å². The molecule has 1 fully saturated rings. The Morgan fingerprint density at radius 2 is 2.35 bits per heavy atom. The molecule has 0 aromatic carbocycles. The summed E-state index contributed by atoms with van der Waals surface area (Å²) in [6.45, 7) is 4.90. The molecule has 124 valence electrons. The van der Waals surface area contributed by atoms with Gasteiger partial charge in [-0.2, -0.15) is 5.10 Å². The van der Waals surface area contributed by atoms with Crippen molar-refractivity contribution in [1.82, 2.24) is 24.6 Å². The first kappa shape index (κ1) is 15.7. The number of ether oxygens (including phenoxy) is 1. The summed E-state index contributed by atoms with van der Waals surface area (Å²) in [5.74, 6) is 1.91. The summed E-state index contributed by atoms with van der Waals surface area (Å²) >= 11 is 0. The number of nitrogens with one attached hydrogen (secondary N) is 1. The number of rotatable bonds is 5. The fraction of sp³-hybridized carbons (Fsp3) is 0.562. The lowest BCUT2D eigenvalue weighted by Gasteiger charge is -2.21. The van der Waals surface area contributed by atoms with Crippen molar-refractivity contribution in [1.29, 1.82) is 0 Å². The zero-order valence-corrected chi connectivity index (χ0v) is 13.7. The summed E-state index contributed by atoms with van der Waals surface area (Å²) in [6, 6.07) is 3.62. The van der Waals surface area contributed by atoms with Gasteiger partial charge in [0, 0.05) is 31.3 Å². The molecule has 0 unspecified atom stereocenters. The van der Waals surface area contributed by atoms with Gasteiger partial charge < -0.3 is 10.1 Å². The molecule has 2 aromatic heterocycles. The monoisotopic (exact) mass is 317 g/mol. The van der Waals surface area contributed by atoms with E-state index in [0.717, 1.165) is 43.2 Å². The zero-order chi connectivity index (χ0) is 16.2. The molecule has 1 aliphatic heterocycles. The number of pyridine rings is 1. The minimum Gasteiger partial charge on any atom is -0.497 e. The topological polar surface area (TPSA) is 74.0 Å². The molecule has 2 aromatic rings. The maximum absolute atomic E-state index is 12.6. The van der Waals surface area contributed by atoms with Gasteiger partial charge in [-0.3, -0.25) is 9.55 Å². The molecule has 0 saturated carbocycles. The molecule has 23 heavy (non-hydrogen) atoms. The van der Waals surface area contributed by atoms with Crippen LogP contribution in [-0.2, 0) is 13.1 Å². The van der Waals surface area contributed by atoms with E-state index in [4.69, 9.17) is 4.74 Å². The second-order valence-electron chi connectivity index (χ2n) is 5.77. The van der Waals surface area contributed by atoms with Crippen molar-refractivity contribution >= 4 is 0 Å². The van der Waals surface area contributed by atoms with Crippen LogP contribution in [0.2, 0.25) is 0 Å². The molecule has 3 rings (SSSR count). The van der Waals surface area contributed by atoms with E-state index in [2.05, 4.69) is 15.4 Å². The van der Waals surface area contributed by atoms with Crippen molar-refractivity contribution in [2.24, 2.45) is 0 Å². The summed E-state index contributed by atoms with van der Waals surface area (Å²) in [5, 5.41) is 7.99. The molecule has 3 heterocycles. The predicted molar refractivity (Wildman–Crippen MR) is 86.9 cm³/mol. The van der Waals surface area contributed by atoms with Gasteiger partial charge in [0.25, 0.3) is 0 Å². The van der Waals surface area contributed by atoms with E-state index in [9.17, 15) is 4.79 Å². The summed E-state index contributed by atoms with van der Waals surface area (Å²) in [6.07, 6.45) is 3.87. The third-order valence-corrected chi connectivity index (χ3v) is 4.27. The molecule has 0 spiro atoms. The Balaban J connectivity index is 1.90. The number of methoxy groups -OCH3 is 1. The standard InChI is InChI=1S/C16H23N5O2/c1-3-20-15(12-5-4-7-17-10-12)19-21(16(20)22)11-13-9-14(23-2)6-8-18-13/h6,8-9,12,17H,3-5,7,10-11H2,1-2H3/t12-/m0/s1. The molecule has 7 nitrogen and oxygen atoms in total. The summed E-state index contributed by atoms with van der Waals surface area (Å²) in [7, 11) is 1.62. The Hall–Kier alpha value is -2.15. The van der Waals surface area contributed by atoms with Gasteiger partial charge in [-0.25, -0.2) is 9.48 Å². The van der Waals surface area contributed by atoms with Gasteiger partial charge in [-0.05, 0) is 32.4 Å². The highest BCUT2D eigenvalue weighted by atomic mass is 16.5. The van der Waals surface area contributed by atoms with Crippen LogP contribution >= 0.6 is 0 Å². The van der Waals surface area contributed by atoms with Gasteiger partial charge in [0.2, 0.25) is 0 Å². The van der Waals surface area contributed by atoms with Crippen molar-refractivity contribution in [2.45, 2.75) is 38.8 Å². The van der Waals surface area contributed by atoms with Gasteiger partial charge in [0.15, 0.2) is 0 Å². The molecule has 0 radical (unpaired) electrons. The van der Waals surface area contributed by atoms with Crippen molar-refractivity contribution < 1.29 is 4.74 Å². The molecule has 0 bridgehead atoms. The molecular formula is C16H23N5O2. The van der Waals surface area contributed by atoms with Crippen LogP contribution in [0, 0.1) is 0 Å². The third-order valence-electron chi connectivity index (χ3n) is 4.27. The fourth-order valence-corrected chi connectivity index (χ4v) is 3.06. The van der Waals surface area contributed by atoms with Crippen LogP contribution in [0.25, 0.3) is 0 Å². The van der Waals surface area contributed by atoms with E-state index >= 15 is 0 Å². The molecule has 1 saturated heterocycles. The minimum absolute atomic E-state index is 0.0716. The number of piperidine rings is 1. The van der Waals surface area contributed by atoms with Gasteiger partial charge in [-0.15, -0.1) is 0 Å². The van der Waals surface area contributed by atoms with Crippen LogP contribution in [0.5, 0.6) is 5.75 Å². The number of hydrogen-bond acceptors (Lipinski definition) is 5. The van der Waals surface area contributed by atoms with Crippen LogP contribution in [0.3, 0.4) is 0 Å². The molecule has 1 aliphatic rings. The maximum Gasteiger partial charge on any atom is 0.346 e. The molecule has 1 atom stereocenters. The first-order valence-corrected chi connectivity index (χ1v) is 8.10. The van der Waals surface area contributed by atoms with Crippen molar-refractivity contribution in [3.63, 3.8) is 0 Å². The fourth-order valence-electron chi connectivity index (χ4n) is 3.06. The molecule has 7 heteroatoms. The molecule has 1 N–H and O–H groups in total. The second kappa shape index (κ2) is 6.95. The average molecular weight is 317 g/mol. The van der Waals surface area contributed by atoms with E-state index in [0.29, 0.717) is 19.0 Å². The van der Waals surface area contributed by atoms with E-state index in [1.165, 1.54) is 4.68 Å². The smallest absolute Gasteiger partial charge is 0.346 e. The highest BCUT2D eigenvalue weighted by molar-refractivity contribution is 5.22. The van der Waals surface area contributed by atoms with Crippen LogP contribution < -0.4 is 15.7 Å². The summed E-state index contributed by atoms with van der Waals surface area (Å²) in [4.78, 5) is 16.9. The Kier molecular flexibility index (Phi) is 4.76. The van der Waals surface area contributed by atoms with Crippen LogP contribution in [0.1, 0.15) is 37.2 Å². The Bertz CT molecular complexity index is 716. The lowest BCUT2D eigenvalue weighted by atomic mass is 9.99. The van der Waals surface area contributed by atoms with E-state index in [1.54, 1.807) is 23.9 Å². The number of nitrogens with zero attached hydrogens (tertiary/aromatic N) is 4. The lowest BCUT2D eigenvalue weighted by molar-refractivity contribution is 0.413. The number of hydrogen-bond donors (Lipinski definition) is 1. The highest BCUT2D eigenvalue weighted by Crippen LogP contribution is 2.20. The third kappa shape index (κ3) is 3.29. The van der Waals surface area contributed by atoms with Gasteiger partial charge in [0.05, 0.1) is 19.3 Å². The number of aromatic nitrogens is 4. The summed E-state index contributed by atoms with van der Waals surface area (Å²) < 4.78 is 8.49. The van der Waals surface area contributed by atoms with E-state index < -0.39 is 0 Å². The zero-order valence-electron chi connectivity index (χ0n) is 13.7. The first-order valence-electron chi connectivity index (χ1n) is 8.10. The minimum atomic E-state index is -0.0716. The summed E-state index contributed by atoms with van der Waals surface area (Å²) in [5.41, 5.74) is 0.693. The van der Waals surface area contributed by atoms with E-state index in [1.807, 2.05) is 13.0 Å². The lowest BCUT2D eigenvalue weighted by Crippen LogP contribution is -2.31. The quantitative estimate of drug-likeness (QED) is 0.890. The largest absolute Gasteiger partial charge is 0.497 e. The second-order valence-corrected chi connectivity index (χ2v) is 5.77.